The molecule has 0 radical (unpaired) electrons. The van der Waals surface area contributed by atoms with E-state index in [0.717, 1.165) is 25.5 Å². The molecule has 120 valence electrons. The van der Waals surface area contributed by atoms with Crippen molar-refractivity contribution in [3.63, 3.8) is 0 Å². The Kier molecular flexibility index (Phi) is 6.65. The maximum absolute atomic E-state index is 5.68. The predicted molar refractivity (Wildman–Crippen MR) is 90.1 cm³/mol. The molecule has 21 heavy (non-hydrogen) atoms. The van der Waals surface area contributed by atoms with Crippen LogP contribution in [0.25, 0.3) is 0 Å². The summed E-state index contributed by atoms with van der Waals surface area (Å²) in [6.45, 7) is 10.6. The summed E-state index contributed by atoms with van der Waals surface area (Å²) in [6.07, 6.45) is 6.55. The summed E-state index contributed by atoms with van der Waals surface area (Å²) in [5.41, 5.74) is 1.20. The van der Waals surface area contributed by atoms with E-state index in [1.54, 1.807) is 0 Å². The average molecular weight is 311 g/mol. The van der Waals surface area contributed by atoms with Crippen molar-refractivity contribution in [2.24, 2.45) is 5.92 Å². The molecule has 4 heteroatoms. The Morgan fingerprint density at radius 2 is 2.10 bits per heavy atom. The fourth-order valence-electron chi connectivity index (χ4n) is 3.07. The number of nitrogens with one attached hydrogen (secondary N) is 1. The average Bonchev–Trinajstić information content (AvgIpc) is 2.72. The van der Waals surface area contributed by atoms with Crippen LogP contribution in [0.1, 0.15) is 55.1 Å². The standard InChI is InChI=1S/C17H30N2OS/c1-5-7-18-15(8-14-9-16(10-14)20-6-2)11-17-19-12(3)13(4)21-17/h14-16,18H,5-11H2,1-4H3. The minimum atomic E-state index is 0.524. The summed E-state index contributed by atoms with van der Waals surface area (Å²) in [4.78, 5) is 6.07. The van der Waals surface area contributed by atoms with Gasteiger partial charge in [-0.1, -0.05) is 6.92 Å². The zero-order valence-corrected chi connectivity index (χ0v) is 14.8. The van der Waals surface area contributed by atoms with Gasteiger partial charge in [0.1, 0.15) is 0 Å². The summed E-state index contributed by atoms with van der Waals surface area (Å²) < 4.78 is 5.68. The summed E-state index contributed by atoms with van der Waals surface area (Å²) in [7, 11) is 0. The lowest BCUT2D eigenvalue weighted by molar-refractivity contribution is -0.0290. The molecule has 1 saturated carbocycles. The van der Waals surface area contributed by atoms with Crippen molar-refractivity contribution in [1.29, 1.82) is 0 Å². The number of thiazole rings is 1. The van der Waals surface area contributed by atoms with Crippen molar-refractivity contribution in [1.82, 2.24) is 10.3 Å². The van der Waals surface area contributed by atoms with Gasteiger partial charge >= 0.3 is 0 Å². The van der Waals surface area contributed by atoms with Crippen LogP contribution >= 0.6 is 11.3 Å². The second kappa shape index (κ2) is 8.25. The molecule has 1 aromatic rings. The third-order valence-corrected chi connectivity index (χ3v) is 5.48. The van der Waals surface area contributed by atoms with E-state index in [0.29, 0.717) is 12.1 Å². The highest BCUT2D eigenvalue weighted by molar-refractivity contribution is 7.11. The Morgan fingerprint density at radius 3 is 2.67 bits per heavy atom. The molecular weight excluding hydrogens is 280 g/mol. The summed E-state index contributed by atoms with van der Waals surface area (Å²) in [6, 6.07) is 0.572. The lowest BCUT2D eigenvalue weighted by Crippen LogP contribution is -2.39. The second-order valence-electron chi connectivity index (χ2n) is 6.25. The normalized spacial score (nSPS) is 23.0. The molecule has 3 nitrogen and oxygen atoms in total. The Balaban J connectivity index is 1.83. The SMILES string of the molecule is CCCNC(Cc1nc(C)c(C)s1)CC1CC(OCC)C1. The third kappa shape index (κ3) is 5.04. The molecule has 1 aliphatic carbocycles. The molecule has 1 atom stereocenters. The van der Waals surface area contributed by atoms with Crippen molar-refractivity contribution in [2.75, 3.05) is 13.2 Å². The molecule has 1 aromatic heterocycles. The van der Waals surface area contributed by atoms with Gasteiger partial charge in [-0.3, -0.25) is 0 Å². The molecule has 1 unspecified atom stereocenters. The lowest BCUT2D eigenvalue weighted by atomic mass is 9.77. The molecule has 0 aliphatic heterocycles. The summed E-state index contributed by atoms with van der Waals surface area (Å²) >= 11 is 1.86. The first-order valence-corrected chi connectivity index (χ1v) is 9.21. The van der Waals surface area contributed by atoms with Crippen LogP contribution in [0.4, 0.5) is 0 Å². The molecule has 0 saturated heterocycles. The van der Waals surface area contributed by atoms with E-state index in [4.69, 9.17) is 9.72 Å². The second-order valence-corrected chi connectivity index (χ2v) is 7.54. The van der Waals surface area contributed by atoms with Gasteiger partial charge in [-0.25, -0.2) is 4.98 Å². The maximum atomic E-state index is 5.68. The number of aryl methyl sites for hydroxylation is 2. The summed E-state index contributed by atoms with van der Waals surface area (Å²) in [5.74, 6) is 0.832. The summed E-state index contributed by atoms with van der Waals surface area (Å²) in [5, 5.41) is 5.01. The molecule has 0 amide bonds. The highest BCUT2D eigenvalue weighted by atomic mass is 32.1. The van der Waals surface area contributed by atoms with Crippen molar-refractivity contribution in [2.45, 2.75) is 71.9 Å². The van der Waals surface area contributed by atoms with Gasteiger partial charge in [0.05, 0.1) is 16.8 Å². The van der Waals surface area contributed by atoms with Gasteiger partial charge < -0.3 is 10.1 Å². The molecule has 1 N–H and O–H groups in total. The monoisotopic (exact) mass is 310 g/mol. The van der Waals surface area contributed by atoms with Gasteiger partial charge in [0.2, 0.25) is 0 Å². The first-order chi connectivity index (χ1) is 10.1. The highest BCUT2D eigenvalue weighted by Crippen LogP contribution is 2.34. The van der Waals surface area contributed by atoms with Crippen LogP contribution in [0.3, 0.4) is 0 Å². The van der Waals surface area contributed by atoms with Crippen molar-refractivity contribution in [3.05, 3.63) is 15.6 Å². The van der Waals surface area contributed by atoms with Gasteiger partial charge in [-0.05, 0) is 58.9 Å². The lowest BCUT2D eigenvalue weighted by Gasteiger charge is -2.37. The fourth-order valence-corrected chi connectivity index (χ4v) is 4.08. The number of aromatic nitrogens is 1. The first-order valence-electron chi connectivity index (χ1n) is 8.40. The third-order valence-electron chi connectivity index (χ3n) is 4.39. The highest BCUT2D eigenvalue weighted by Gasteiger charge is 2.31. The molecule has 0 bridgehead atoms. The van der Waals surface area contributed by atoms with Crippen LogP contribution in [-0.2, 0) is 11.2 Å². The number of nitrogens with zero attached hydrogens (tertiary/aromatic N) is 1. The molecule has 1 heterocycles. The van der Waals surface area contributed by atoms with E-state index in [-0.39, 0.29) is 0 Å². The van der Waals surface area contributed by atoms with E-state index in [1.165, 1.54) is 41.3 Å². The van der Waals surface area contributed by atoms with Crippen molar-refractivity contribution in [3.8, 4) is 0 Å². The van der Waals surface area contributed by atoms with Gasteiger partial charge in [0.15, 0.2) is 0 Å². The van der Waals surface area contributed by atoms with E-state index in [2.05, 4.69) is 33.0 Å². The largest absolute Gasteiger partial charge is 0.378 e. The van der Waals surface area contributed by atoms with Gasteiger partial charge in [0, 0.05) is 23.9 Å². The van der Waals surface area contributed by atoms with Crippen molar-refractivity contribution < 1.29 is 4.74 Å². The van der Waals surface area contributed by atoms with Crippen molar-refractivity contribution >= 4 is 11.3 Å². The number of ether oxygens (including phenoxy) is 1. The fraction of sp³-hybridized carbons (Fsp3) is 0.824. The molecule has 0 spiro atoms. The Hall–Kier alpha value is -0.450. The van der Waals surface area contributed by atoms with E-state index in [1.807, 2.05) is 11.3 Å². The van der Waals surface area contributed by atoms with Gasteiger partial charge in [-0.2, -0.15) is 0 Å². The maximum Gasteiger partial charge on any atom is 0.0946 e. The minimum Gasteiger partial charge on any atom is -0.378 e. The molecule has 1 fully saturated rings. The smallest absolute Gasteiger partial charge is 0.0946 e. The van der Waals surface area contributed by atoms with Crippen LogP contribution in [0, 0.1) is 19.8 Å². The van der Waals surface area contributed by atoms with Crippen LogP contribution in [-0.4, -0.2) is 30.3 Å². The number of hydrogen-bond acceptors (Lipinski definition) is 4. The Bertz CT molecular complexity index is 407. The minimum absolute atomic E-state index is 0.524. The number of rotatable bonds is 9. The van der Waals surface area contributed by atoms with E-state index < -0.39 is 0 Å². The Labute approximate surface area is 133 Å². The predicted octanol–water partition coefficient (Wildman–Crippen LogP) is 3.88. The molecule has 1 aliphatic rings. The van der Waals surface area contributed by atoms with Crippen LogP contribution in [0.2, 0.25) is 0 Å². The topological polar surface area (TPSA) is 34.2 Å². The van der Waals surface area contributed by atoms with Crippen LogP contribution in [0.5, 0.6) is 0 Å². The van der Waals surface area contributed by atoms with E-state index >= 15 is 0 Å². The van der Waals surface area contributed by atoms with E-state index in [9.17, 15) is 0 Å². The quantitative estimate of drug-likeness (QED) is 0.751. The molecule has 0 aromatic carbocycles. The zero-order valence-electron chi connectivity index (χ0n) is 13.9. The number of hydrogen-bond donors (Lipinski definition) is 1. The van der Waals surface area contributed by atoms with Crippen LogP contribution < -0.4 is 5.32 Å². The first kappa shape index (κ1) is 16.9. The zero-order chi connectivity index (χ0) is 15.2. The Morgan fingerprint density at radius 1 is 1.33 bits per heavy atom. The van der Waals surface area contributed by atoms with Crippen LogP contribution in [0.15, 0.2) is 0 Å². The molecule has 2 rings (SSSR count). The van der Waals surface area contributed by atoms with Gasteiger partial charge in [-0.15, -0.1) is 11.3 Å². The molecular formula is C17H30N2OS. The van der Waals surface area contributed by atoms with Gasteiger partial charge in [0.25, 0.3) is 0 Å².